The number of likely N-dealkylation sites (tertiary alicyclic amines) is 1. The van der Waals surface area contributed by atoms with Crippen LogP contribution < -0.4 is 5.73 Å². The van der Waals surface area contributed by atoms with E-state index in [9.17, 15) is 9.59 Å². The highest BCUT2D eigenvalue weighted by molar-refractivity contribution is 7.13. The summed E-state index contributed by atoms with van der Waals surface area (Å²) in [6.07, 6.45) is 2.04. The first-order valence-electron chi connectivity index (χ1n) is 7.57. The van der Waals surface area contributed by atoms with Crippen LogP contribution >= 0.6 is 11.3 Å². The summed E-state index contributed by atoms with van der Waals surface area (Å²) in [7, 11) is 0. The summed E-state index contributed by atoms with van der Waals surface area (Å²) >= 11 is 1.54. The lowest BCUT2D eigenvalue weighted by Gasteiger charge is -2.30. The highest BCUT2D eigenvalue weighted by atomic mass is 32.1. The molecule has 0 aromatic carbocycles. The first-order chi connectivity index (χ1) is 11.1. The Balaban J connectivity index is 1.49. The van der Waals surface area contributed by atoms with Crippen LogP contribution in [0.3, 0.4) is 0 Å². The van der Waals surface area contributed by atoms with Gasteiger partial charge in [0, 0.05) is 31.8 Å². The molecule has 0 unspecified atom stereocenters. The number of piperidine rings is 1. The van der Waals surface area contributed by atoms with Crippen LogP contribution in [0.1, 0.15) is 25.2 Å². The Hall–Kier alpha value is -2.22. The van der Waals surface area contributed by atoms with Crippen LogP contribution in [0, 0.1) is 5.92 Å². The number of carbonyl (C=O) groups excluding carboxylic acids is 2. The van der Waals surface area contributed by atoms with E-state index < -0.39 is 0 Å². The normalized spacial score (nSPS) is 15.7. The Kier molecular flexibility index (Phi) is 4.71. The first kappa shape index (κ1) is 15.7. The van der Waals surface area contributed by atoms with E-state index in [1.54, 1.807) is 16.2 Å². The fourth-order valence-corrected chi connectivity index (χ4v) is 3.30. The van der Waals surface area contributed by atoms with Gasteiger partial charge in [-0.05, 0) is 24.3 Å². The molecule has 0 atom stereocenters. The number of primary amides is 1. The quantitative estimate of drug-likeness (QED) is 0.891. The minimum absolute atomic E-state index is 0.0452. The molecule has 1 aliphatic rings. The molecule has 122 valence electrons. The van der Waals surface area contributed by atoms with E-state index in [-0.39, 0.29) is 17.7 Å². The Morgan fingerprint density at radius 2 is 2.17 bits per heavy atom. The Morgan fingerprint density at radius 1 is 1.39 bits per heavy atom. The van der Waals surface area contributed by atoms with Crippen molar-refractivity contribution in [3.05, 3.63) is 23.4 Å². The van der Waals surface area contributed by atoms with Crippen molar-refractivity contribution in [2.75, 3.05) is 13.1 Å². The second-order valence-corrected chi connectivity index (χ2v) is 6.49. The van der Waals surface area contributed by atoms with Crippen LogP contribution in [-0.2, 0) is 16.0 Å². The summed E-state index contributed by atoms with van der Waals surface area (Å²) in [5, 5.41) is 5.88. The van der Waals surface area contributed by atoms with Crippen molar-refractivity contribution in [3.63, 3.8) is 0 Å². The third kappa shape index (κ3) is 3.76. The number of hydrogen-bond donors (Lipinski definition) is 1. The van der Waals surface area contributed by atoms with Gasteiger partial charge < -0.3 is 15.2 Å². The van der Waals surface area contributed by atoms with Crippen molar-refractivity contribution in [1.82, 2.24) is 15.0 Å². The molecule has 7 nitrogen and oxygen atoms in total. The van der Waals surface area contributed by atoms with Crippen LogP contribution in [0.25, 0.3) is 10.7 Å². The highest BCUT2D eigenvalue weighted by Crippen LogP contribution is 2.22. The number of carbonyl (C=O) groups is 2. The molecule has 0 radical (unpaired) electrons. The van der Waals surface area contributed by atoms with Gasteiger partial charge in [-0.25, -0.2) is 0 Å². The molecule has 2 amide bonds. The molecule has 2 aromatic heterocycles. The molecule has 2 aromatic rings. The van der Waals surface area contributed by atoms with Crippen LogP contribution in [0.2, 0.25) is 0 Å². The van der Waals surface area contributed by atoms with Crippen LogP contribution in [0.4, 0.5) is 0 Å². The van der Waals surface area contributed by atoms with E-state index in [0.29, 0.717) is 50.5 Å². The summed E-state index contributed by atoms with van der Waals surface area (Å²) < 4.78 is 5.19. The van der Waals surface area contributed by atoms with Crippen LogP contribution in [-0.4, -0.2) is 39.9 Å². The van der Waals surface area contributed by atoms with E-state index >= 15 is 0 Å². The second-order valence-electron chi connectivity index (χ2n) is 5.55. The zero-order chi connectivity index (χ0) is 16.2. The van der Waals surface area contributed by atoms with Gasteiger partial charge in [-0.15, -0.1) is 11.3 Å². The van der Waals surface area contributed by atoms with Crippen molar-refractivity contribution in [2.45, 2.75) is 25.7 Å². The van der Waals surface area contributed by atoms with Crippen molar-refractivity contribution in [3.8, 4) is 10.7 Å². The van der Waals surface area contributed by atoms with Crippen molar-refractivity contribution in [1.29, 1.82) is 0 Å². The van der Waals surface area contributed by atoms with Gasteiger partial charge in [-0.2, -0.15) is 4.98 Å². The minimum Gasteiger partial charge on any atom is -0.369 e. The Morgan fingerprint density at radius 3 is 2.83 bits per heavy atom. The number of aromatic nitrogens is 2. The van der Waals surface area contributed by atoms with Gasteiger partial charge >= 0.3 is 0 Å². The third-order valence-corrected chi connectivity index (χ3v) is 4.88. The fraction of sp³-hybridized carbons (Fsp3) is 0.467. The minimum atomic E-state index is -0.274. The molecule has 0 saturated carbocycles. The number of amides is 2. The standard InChI is InChI=1S/C15H18N4O3S/c16-14(21)10-5-7-19(8-6-10)13(20)4-3-12-17-15(18-22-12)11-2-1-9-23-11/h1-2,9-10H,3-8H2,(H2,16,21). The smallest absolute Gasteiger partial charge is 0.227 e. The molecular weight excluding hydrogens is 316 g/mol. The van der Waals surface area contributed by atoms with Gasteiger partial charge in [0.2, 0.25) is 23.5 Å². The topological polar surface area (TPSA) is 102 Å². The van der Waals surface area contributed by atoms with E-state index in [2.05, 4.69) is 10.1 Å². The molecule has 3 heterocycles. The largest absolute Gasteiger partial charge is 0.369 e. The molecular formula is C15H18N4O3S. The lowest BCUT2D eigenvalue weighted by Crippen LogP contribution is -2.41. The molecule has 23 heavy (non-hydrogen) atoms. The Labute approximate surface area is 137 Å². The fourth-order valence-electron chi connectivity index (χ4n) is 2.65. The molecule has 8 heteroatoms. The van der Waals surface area contributed by atoms with Crippen LogP contribution in [0.15, 0.2) is 22.0 Å². The van der Waals surface area contributed by atoms with E-state index in [1.807, 2.05) is 17.5 Å². The molecule has 1 aliphatic heterocycles. The number of nitrogens with zero attached hydrogens (tertiary/aromatic N) is 3. The van der Waals surface area contributed by atoms with Crippen LogP contribution in [0.5, 0.6) is 0 Å². The maximum Gasteiger partial charge on any atom is 0.227 e. The Bertz CT molecular complexity index is 675. The zero-order valence-electron chi connectivity index (χ0n) is 12.6. The number of thiophene rings is 1. The second kappa shape index (κ2) is 6.91. The SMILES string of the molecule is NC(=O)C1CCN(C(=O)CCc2nc(-c3cccs3)no2)CC1. The van der Waals surface area contributed by atoms with Gasteiger partial charge in [-0.1, -0.05) is 11.2 Å². The number of rotatable bonds is 5. The summed E-state index contributed by atoms with van der Waals surface area (Å²) in [6, 6.07) is 3.85. The molecule has 0 spiro atoms. The summed E-state index contributed by atoms with van der Waals surface area (Å²) in [5.74, 6) is 0.690. The monoisotopic (exact) mass is 334 g/mol. The molecule has 0 bridgehead atoms. The lowest BCUT2D eigenvalue weighted by atomic mass is 9.96. The van der Waals surface area contributed by atoms with Gasteiger partial charge in [-0.3, -0.25) is 9.59 Å². The zero-order valence-corrected chi connectivity index (χ0v) is 13.4. The molecule has 1 saturated heterocycles. The summed E-state index contributed by atoms with van der Waals surface area (Å²) in [6.45, 7) is 1.16. The average Bonchev–Trinajstić information content (AvgIpc) is 3.23. The van der Waals surface area contributed by atoms with Gasteiger partial charge in [0.05, 0.1) is 4.88 Å². The van der Waals surface area contributed by atoms with Gasteiger partial charge in [0.1, 0.15) is 0 Å². The molecule has 1 fully saturated rings. The predicted molar refractivity (Wildman–Crippen MR) is 84.4 cm³/mol. The number of aryl methyl sites for hydroxylation is 1. The van der Waals surface area contributed by atoms with E-state index in [0.717, 1.165) is 4.88 Å². The maximum absolute atomic E-state index is 12.2. The van der Waals surface area contributed by atoms with Crippen molar-refractivity contribution < 1.29 is 14.1 Å². The van der Waals surface area contributed by atoms with E-state index in [4.69, 9.17) is 10.3 Å². The molecule has 2 N–H and O–H groups in total. The maximum atomic E-state index is 12.2. The van der Waals surface area contributed by atoms with Crippen molar-refractivity contribution >= 4 is 23.2 Å². The summed E-state index contributed by atoms with van der Waals surface area (Å²) in [4.78, 5) is 30.4. The number of nitrogens with two attached hydrogens (primary N) is 1. The lowest BCUT2D eigenvalue weighted by molar-refractivity contribution is -0.134. The van der Waals surface area contributed by atoms with Gasteiger partial charge in [0.25, 0.3) is 0 Å². The third-order valence-electron chi connectivity index (χ3n) is 4.01. The number of hydrogen-bond acceptors (Lipinski definition) is 6. The summed E-state index contributed by atoms with van der Waals surface area (Å²) in [5.41, 5.74) is 5.30. The van der Waals surface area contributed by atoms with E-state index in [1.165, 1.54) is 0 Å². The first-order valence-corrected chi connectivity index (χ1v) is 8.45. The molecule has 0 aliphatic carbocycles. The average molecular weight is 334 g/mol. The molecule has 3 rings (SSSR count). The highest BCUT2D eigenvalue weighted by Gasteiger charge is 2.25. The predicted octanol–water partition coefficient (Wildman–Crippen LogP) is 1.45. The van der Waals surface area contributed by atoms with Gasteiger partial charge in [0.15, 0.2) is 0 Å². The van der Waals surface area contributed by atoms with Crippen molar-refractivity contribution in [2.24, 2.45) is 11.7 Å².